The number of hydrogen-bond acceptors (Lipinski definition) is 3. The van der Waals surface area contributed by atoms with Crippen LogP contribution in [0.2, 0.25) is 0 Å². The van der Waals surface area contributed by atoms with Gasteiger partial charge in [-0.25, -0.2) is 9.59 Å². The Hall–Kier alpha value is -2.92. The van der Waals surface area contributed by atoms with Crippen molar-refractivity contribution in [2.45, 2.75) is 25.2 Å². The summed E-state index contributed by atoms with van der Waals surface area (Å²) in [6.45, 7) is 4.51. The summed E-state index contributed by atoms with van der Waals surface area (Å²) >= 11 is 0. The molecule has 1 saturated heterocycles. The Bertz CT molecular complexity index is 783. The van der Waals surface area contributed by atoms with Gasteiger partial charge in [-0.2, -0.15) is 0 Å². The number of carboxylic acid groups (broad SMARTS) is 2. The molecule has 2 aromatic carbocycles. The summed E-state index contributed by atoms with van der Waals surface area (Å²) in [5, 5.41) is 15.6. The van der Waals surface area contributed by atoms with E-state index in [1.165, 1.54) is 29.7 Å². The highest BCUT2D eigenvalue weighted by Gasteiger charge is 2.29. The first-order valence-electron chi connectivity index (χ1n) is 9.31. The van der Waals surface area contributed by atoms with Gasteiger partial charge in [0, 0.05) is 24.6 Å². The molecule has 2 N–H and O–H groups in total. The summed E-state index contributed by atoms with van der Waals surface area (Å²) in [4.78, 5) is 21.6. The molecule has 1 aliphatic rings. The maximum atomic E-state index is 9.55. The number of benzene rings is 2. The summed E-state index contributed by atoms with van der Waals surface area (Å²) in [6.07, 6.45) is 2.36. The molecule has 0 radical (unpaired) electrons. The molecule has 1 aliphatic heterocycles. The Morgan fingerprint density at radius 1 is 0.893 bits per heavy atom. The van der Waals surface area contributed by atoms with Crippen LogP contribution in [-0.4, -0.2) is 47.2 Å². The minimum atomic E-state index is -1.26. The Morgan fingerprint density at radius 2 is 1.43 bits per heavy atom. The van der Waals surface area contributed by atoms with Crippen LogP contribution in [0.1, 0.15) is 34.9 Å². The Kier molecular flexibility index (Phi) is 7.96. The van der Waals surface area contributed by atoms with Crippen molar-refractivity contribution >= 4 is 11.9 Å². The van der Waals surface area contributed by atoms with Crippen molar-refractivity contribution < 1.29 is 19.8 Å². The Morgan fingerprint density at radius 3 is 1.96 bits per heavy atom. The van der Waals surface area contributed by atoms with Crippen LogP contribution in [0.25, 0.3) is 0 Å². The quantitative estimate of drug-likeness (QED) is 0.785. The van der Waals surface area contributed by atoms with Gasteiger partial charge in [-0.15, -0.1) is 0 Å². The van der Waals surface area contributed by atoms with Crippen LogP contribution in [0, 0.1) is 6.92 Å². The van der Waals surface area contributed by atoms with Gasteiger partial charge < -0.3 is 15.1 Å². The average Bonchev–Trinajstić information content (AvgIpc) is 2.68. The highest BCUT2D eigenvalue weighted by Crippen LogP contribution is 2.39. The lowest BCUT2D eigenvalue weighted by atomic mass is 9.77. The maximum Gasteiger partial charge on any atom is 0.328 e. The number of rotatable bonds is 4. The summed E-state index contributed by atoms with van der Waals surface area (Å²) in [5.41, 5.74) is 4.32. The molecule has 28 heavy (non-hydrogen) atoms. The number of nitrogens with zero attached hydrogens (tertiary/aromatic N) is 1. The molecule has 2 aromatic rings. The first kappa shape index (κ1) is 21.4. The van der Waals surface area contributed by atoms with Crippen LogP contribution < -0.4 is 0 Å². The van der Waals surface area contributed by atoms with E-state index in [2.05, 4.69) is 73.5 Å². The first-order chi connectivity index (χ1) is 13.4. The molecule has 0 aliphatic carbocycles. The SMILES string of the molecule is Cc1ccc(C2CCN(C)CC2c2ccccc2)cc1.O=C(O)/C=C/C(=O)O. The molecule has 0 saturated carbocycles. The van der Waals surface area contributed by atoms with Crippen LogP contribution in [-0.2, 0) is 9.59 Å². The fourth-order valence-electron chi connectivity index (χ4n) is 3.51. The third kappa shape index (κ3) is 6.67. The van der Waals surface area contributed by atoms with E-state index in [0.29, 0.717) is 24.0 Å². The molecule has 0 aromatic heterocycles. The highest BCUT2D eigenvalue weighted by molar-refractivity contribution is 5.89. The average molecular weight is 381 g/mol. The van der Waals surface area contributed by atoms with E-state index in [9.17, 15) is 9.59 Å². The van der Waals surface area contributed by atoms with E-state index in [1.54, 1.807) is 0 Å². The van der Waals surface area contributed by atoms with Gasteiger partial charge >= 0.3 is 11.9 Å². The van der Waals surface area contributed by atoms with Crippen molar-refractivity contribution in [3.63, 3.8) is 0 Å². The minimum Gasteiger partial charge on any atom is -0.478 e. The van der Waals surface area contributed by atoms with Gasteiger partial charge in [0.05, 0.1) is 0 Å². The third-order valence-electron chi connectivity index (χ3n) is 4.92. The smallest absolute Gasteiger partial charge is 0.328 e. The number of carboxylic acids is 2. The second kappa shape index (κ2) is 10.4. The molecule has 1 heterocycles. The van der Waals surface area contributed by atoms with Gasteiger partial charge in [0.25, 0.3) is 0 Å². The largest absolute Gasteiger partial charge is 0.478 e. The number of hydrogen-bond donors (Lipinski definition) is 2. The second-order valence-electron chi connectivity index (χ2n) is 7.10. The minimum absolute atomic E-state index is 0.558. The van der Waals surface area contributed by atoms with Crippen molar-refractivity contribution in [1.82, 2.24) is 4.90 Å². The molecule has 0 amide bonds. The molecule has 5 heteroatoms. The van der Waals surface area contributed by atoms with Gasteiger partial charge in [0.1, 0.15) is 0 Å². The lowest BCUT2D eigenvalue weighted by Gasteiger charge is -2.37. The van der Waals surface area contributed by atoms with Crippen molar-refractivity contribution in [3.8, 4) is 0 Å². The Labute approximate surface area is 165 Å². The van der Waals surface area contributed by atoms with Crippen LogP contribution in [0.5, 0.6) is 0 Å². The number of likely N-dealkylation sites (N-methyl/N-ethyl adjacent to an activating group) is 1. The summed E-state index contributed by atoms with van der Waals surface area (Å²) in [7, 11) is 2.24. The van der Waals surface area contributed by atoms with Crippen molar-refractivity contribution in [1.29, 1.82) is 0 Å². The predicted molar refractivity (Wildman–Crippen MR) is 110 cm³/mol. The molecule has 5 nitrogen and oxygen atoms in total. The predicted octanol–water partition coefficient (Wildman–Crippen LogP) is 3.91. The van der Waals surface area contributed by atoms with E-state index in [-0.39, 0.29) is 0 Å². The summed E-state index contributed by atoms with van der Waals surface area (Å²) in [6, 6.07) is 20.1. The van der Waals surface area contributed by atoms with E-state index in [0.717, 1.165) is 6.54 Å². The van der Waals surface area contributed by atoms with Crippen LogP contribution in [0.4, 0.5) is 0 Å². The maximum absolute atomic E-state index is 9.55. The fourth-order valence-corrected chi connectivity index (χ4v) is 3.51. The van der Waals surface area contributed by atoms with E-state index < -0.39 is 11.9 Å². The zero-order valence-corrected chi connectivity index (χ0v) is 16.3. The fraction of sp³-hybridized carbons (Fsp3) is 0.304. The van der Waals surface area contributed by atoms with E-state index >= 15 is 0 Å². The normalized spacial score (nSPS) is 19.6. The molecule has 0 bridgehead atoms. The Balaban J connectivity index is 0.000000300. The van der Waals surface area contributed by atoms with E-state index in [4.69, 9.17) is 10.2 Å². The first-order valence-corrected chi connectivity index (χ1v) is 9.31. The monoisotopic (exact) mass is 381 g/mol. The van der Waals surface area contributed by atoms with Crippen LogP contribution >= 0.6 is 0 Å². The molecular formula is C23H27NO4. The van der Waals surface area contributed by atoms with Gasteiger partial charge in [-0.3, -0.25) is 0 Å². The molecule has 3 rings (SSSR count). The van der Waals surface area contributed by atoms with E-state index in [1.807, 2.05) is 0 Å². The number of carbonyl (C=O) groups is 2. The zero-order chi connectivity index (χ0) is 20.5. The summed E-state index contributed by atoms with van der Waals surface area (Å²) < 4.78 is 0. The highest BCUT2D eigenvalue weighted by atomic mass is 16.4. The molecule has 148 valence electrons. The van der Waals surface area contributed by atoms with Gasteiger partial charge in [-0.05, 0) is 44.0 Å². The number of aliphatic carboxylic acids is 2. The number of aryl methyl sites for hydroxylation is 1. The molecular weight excluding hydrogens is 354 g/mol. The van der Waals surface area contributed by atoms with Gasteiger partial charge in [0.2, 0.25) is 0 Å². The van der Waals surface area contributed by atoms with Crippen molar-refractivity contribution in [2.75, 3.05) is 20.1 Å². The third-order valence-corrected chi connectivity index (χ3v) is 4.92. The lowest BCUT2D eigenvalue weighted by molar-refractivity contribution is -0.134. The number of piperidine rings is 1. The summed E-state index contributed by atoms with van der Waals surface area (Å²) in [5.74, 6) is -1.26. The number of likely N-dealkylation sites (tertiary alicyclic amines) is 1. The molecule has 2 atom stereocenters. The molecule has 0 spiro atoms. The van der Waals surface area contributed by atoms with Crippen LogP contribution in [0.15, 0.2) is 66.7 Å². The van der Waals surface area contributed by atoms with Gasteiger partial charge in [-0.1, -0.05) is 60.2 Å². The zero-order valence-electron chi connectivity index (χ0n) is 16.3. The lowest BCUT2D eigenvalue weighted by Crippen LogP contribution is -2.35. The van der Waals surface area contributed by atoms with Crippen molar-refractivity contribution in [2.24, 2.45) is 0 Å². The molecule has 1 fully saturated rings. The van der Waals surface area contributed by atoms with Crippen molar-refractivity contribution in [3.05, 3.63) is 83.4 Å². The van der Waals surface area contributed by atoms with Gasteiger partial charge in [0.15, 0.2) is 0 Å². The second-order valence-corrected chi connectivity index (χ2v) is 7.10. The van der Waals surface area contributed by atoms with Crippen LogP contribution in [0.3, 0.4) is 0 Å². The standard InChI is InChI=1S/C19H23N.C4H4O4/c1-15-8-10-17(11-9-15)18-12-13-20(2)14-19(18)16-6-4-3-5-7-16;5-3(6)1-2-4(7)8/h3-11,18-19H,12-14H2,1-2H3;1-2H,(H,5,6)(H,7,8)/b;2-1+. The topological polar surface area (TPSA) is 77.8 Å². The molecule has 2 unspecified atom stereocenters.